The van der Waals surface area contributed by atoms with Gasteiger partial charge in [0, 0.05) is 12.5 Å². The van der Waals surface area contributed by atoms with Gasteiger partial charge in [0.15, 0.2) is 5.82 Å². The second-order valence-electron chi connectivity index (χ2n) is 6.04. The summed E-state index contributed by atoms with van der Waals surface area (Å²) in [6.07, 6.45) is 2.73. The van der Waals surface area contributed by atoms with Gasteiger partial charge in [0.2, 0.25) is 5.88 Å². The maximum Gasteiger partial charge on any atom is 0.223 e. The van der Waals surface area contributed by atoms with Crippen LogP contribution < -0.4 is 0 Å². The summed E-state index contributed by atoms with van der Waals surface area (Å²) in [4.78, 5) is 4.57. The van der Waals surface area contributed by atoms with E-state index in [1.165, 1.54) is 17.1 Å². The molecule has 8 heteroatoms. The lowest BCUT2D eigenvalue weighted by Crippen LogP contribution is -2.04. The Hall–Kier alpha value is -3.18. The summed E-state index contributed by atoms with van der Waals surface area (Å²) in [7, 11) is -2.88. The molecule has 0 aliphatic rings. The Morgan fingerprint density at radius 3 is 2.46 bits per heavy atom. The number of hydrogen-bond acceptors (Lipinski definition) is 6. The molecule has 0 fully saturated rings. The normalized spacial score (nSPS) is 13.2. The summed E-state index contributed by atoms with van der Waals surface area (Å²) in [5.41, 5.74) is 3.07. The fourth-order valence-corrected chi connectivity index (χ4v) is 3.70. The van der Waals surface area contributed by atoms with Crippen LogP contribution in [-0.4, -0.2) is 30.3 Å². The van der Waals surface area contributed by atoms with Crippen LogP contribution >= 0.6 is 0 Å². The zero-order valence-electron chi connectivity index (χ0n) is 14.5. The molecule has 0 aliphatic heterocycles. The lowest BCUT2D eigenvalue weighted by molar-refractivity contribution is 0.433. The number of pyridine rings is 1. The monoisotopic (exact) mass is 367 g/mol. The van der Waals surface area contributed by atoms with E-state index in [2.05, 4.69) is 16.2 Å². The highest BCUT2D eigenvalue weighted by Crippen LogP contribution is 2.34. The first-order chi connectivity index (χ1) is 12.2. The predicted molar refractivity (Wildman–Crippen MR) is 97.7 cm³/mol. The van der Waals surface area contributed by atoms with E-state index in [9.17, 15) is 9.32 Å². The van der Waals surface area contributed by atoms with Crippen molar-refractivity contribution < 1.29 is 9.32 Å². The Morgan fingerprint density at radius 1 is 1.27 bits per heavy atom. The minimum absolute atomic E-state index is 0.0741. The number of nitrogens with one attached hydrogen (secondary N) is 1. The maximum atomic E-state index is 12.0. The zero-order chi connectivity index (χ0) is 19.1. The molecule has 0 amide bonds. The quantitative estimate of drug-likeness (QED) is 0.737. The van der Waals surface area contributed by atoms with Crippen molar-refractivity contribution in [2.75, 3.05) is 6.26 Å². The zero-order valence-corrected chi connectivity index (χ0v) is 15.3. The minimum atomic E-state index is -2.88. The second-order valence-corrected chi connectivity index (χ2v) is 8.16. The van der Waals surface area contributed by atoms with Crippen LogP contribution in [0.4, 0.5) is 0 Å². The van der Waals surface area contributed by atoms with Crippen LogP contribution in [-0.2, 0) is 9.73 Å². The number of aromatic hydroxyl groups is 1. The number of rotatable bonds is 3. The third-order valence-electron chi connectivity index (χ3n) is 4.02. The Kier molecular flexibility index (Phi) is 4.26. The summed E-state index contributed by atoms with van der Waals surface area (Å²) in [6, 6.07) is 10.6. The molecule has 3 rings (SSSR count). The van der Waals surface area contributed by atoms with Crippen molar-refractivity contribution in [1.82, 2.24) is 14.8 Å². The summed E-state index contributed by atoms with van der Waals surface area (Å²) in [5, 5.41) is 23.9. The van der Waals surface area contributed by atoms with Gasteiger partial charge in [-0.25, -0.2) is 14.0 Å². The van der Waals surface area contributed by atoms with Crippen molar-refractivity contribution in [2.45, 2.75) is 18.7 Å². The molecule has 7 nitrogen and oxygen atoms in total. The molecule has 0 aliphatic carbocycles. The summed E-state index contributed by atoms with van der Waals surface area (Å²) in [6.45, 7) is 3.51. The van der Waals surface area contributed by atoms with Crippen LogP contribution in [0.2, 0.25) is 0 Å². The molecule has 0 radical (unpaired) electrons. The molecule has 0 saturated carbocycles. The van der Waals surface area contributed by atoms with Crippen molar-refractivity contribution in [3.05, 3.63) is 53.3 Å². The summed E-state index contributed by atoms with van der Waals surface area (Å²) >= 11 is 0. The number of hydrogen-bond donors (Lipinski definition) is 2. The van der Waals surface area contributed by atoms with Gasteiger partial charge in [0.05, 0.1) is 37.5 Å². The molecule has 1 unspecified atom stereocenters. The van der Waals surface area contributed by atoms with Gasteiger partial charge in [-0.15, -0.1) is 0 Å². The molecule has 2 heterocycles. The fourth-order valence-electron chi connectivity index (χ4n) is 2.78. The van der Waals surface area contributed by atoms with E-state index in [0.717, 1.165) is 5.56 Å². The highest BCUT2D eigenvalue weighted by atomic mass is 32.2. The van der Waals surface area contributed by atoms with E-state index in [1.54, 1.807) is 44.2 Å². The Labute approximate surface area is 151 Å². The highest BCUT2D eigenvalue weighted by molar-refractivity contribution is 7.91. The summed E-state index contributed by atoms with van der Waals surface area (Å²) in [5.74, 6) is 0.297. The van der Waals surface area contributed by atoms with Gasteiger partial charge in [-0.1, -0.05) is 12.1 Å². The molecular weight excluding hydrogens is 350 g/mol. The van der Waals surface area contributed by atoms with Gasteiger partial charge in [0.25, 0.3) is 0 Å². The molecule has 26 heavy (non-hydrogen) atoms. The molecule has 2 aromatic heterocycles. The SMILES string of the molecule is Cc1cc(-n2nc(C)c(-c3ccc(C#N)cc3)c2O)ncc1S(C)(=N)=O. The van der Waals surface area contributed by atoms with Crippen molar-refractivity contribution in [3.63, 3.8) is 0 Å². The topological polar surface area (TPSA) is 116 Å². The van der Waals surface area contributed by atoms with Crippen LogP contribution in [0.5, 0.6) is 5.88 Å². The van der Waals surface area contributed by atoms with E-state index >= 15 is 0 Å². The maximum absolute atomic E-state index is 12.0. The van der Waals surface area contributed by atoms with Crippen LogP contribution in [0, 0.1) is 30.0 Å². The average Bonchev–Trinajstić information content (AvgIpc) is 2.88. The molecule has 3 aromatic rings. The number of nitriles is 1. The Balaban J connectivity index is 2.11. The van der Waals surface area contributed by atoms with Crippen LogP contribution in [0.25, 0.3) is 16.9 Å². The first-order valence-corrected chi connectivity index (χ1v) is 9.69. The first kappa shape index (κ1) is 17.6. The molecule has 132 valence electrons. The lowest BCUT2D eigenvalue weighted by Gasteiger charge is -2.08. The third-order valence-corrected chi connectivity index (χ3v) is 5.29. The van der Waals surface area contributed by atoms with E-state index in [0.29, 0.717) is 33.1 Å². The van der Waals surface area contributed by atoms with Crippen LogP contribution in [0.1, 0.15) is 16.8 Å². The smallest absolute Gasteiger partial charge is 0.223 e. The van der Waals surface area contributed by atoms with Gasteiger partial charge >= 0.3 is 0 Å². The van der Waals surface area contributed by atoms with Crippen molar-refractivity contribution in [2.24, 2.45) is 0 Å². The fraction of sp³-hybridized carbons (Fsp3) is 0.167. The molecule has 2 N–H and O–H groups in total. The van der Waals surface area contributed by atoms with Gasteiger partial charge < -0.3 is 5.11 Å². The van der Waals surface area contributed by atoms with Crippen molar-refractivity contribution in [1.29, 1.82) is 10.0 Å². The predicted octanol–water partition coefficient (Wildman–Crippen LogP) is 3.16. The van der Waals surface area contributed by atoms with Gasteiger partial charge in [-0.2, -0.15) is 15.0 Å². The number of aromatic nitrogens is 3. The molecule has 1 atom stereocenters. The van der Waals surface area contributed by atoms with Crippen molar-refractivity contribution in [3.8, 4) is 28.9 Å². The molecule has 0 bridgehead atoms. The Morgan fingerprint density at radius 2 is 1.92 bits per heavy atom. The number of benzene rings is 1. The standard InChI is InChI=1S/C18H17N5O2S/c1-11-8-16(21-10-15(11)26(3,20)25)23-18(24)17(12(2)22-23)14-6-4-13(9-19)5-7-14/h4-8,10,20,24H,1-3H3. The Bertz CT molecular complexity index is 1140. The van der Waals surface area contributed by atoms with Gasteiger partial charge in [-0.3, -0.25) is 0 Å². The number of nitrogens with zero attached hydrogens (tertiary/aromatic N) is 4. The molecule has 1 aromatic carbocycles. The molecule has 0 spiro atoms. The molecular formula is C18H17N5O2S. The highest BCUT2D eigenvalue weighted by Gasteiger charge is 2.19. The first-order valence-electron chi connectivity index (χ1n) is 7.72. The van der Waals surface area contributed by atoms with Crippen molar-refractivity contribution >= 4 is 9.73 Å². The summed E-state index contributed by atoms with van der Waals surface area (Å²) < 4.78 is 21.0. The van der Waals surface area contributed by atoms with Gasteiger partial charge in [-0.05, 0) is 43.2 Å². The molecule has 0 saturated heterocycles. The van der Waals surface area contributed by atoms with E-state index in [4.69, 9.17) is 10.0 Å². The number of aryl methyl sites for hydroxylation is 2. The second kappa shape index (κ2) is 6.28. The van der Waals surface area contributed by atoms with E-state index in [-0.39, 0.29) is 5.88 Å². The van der Waals surface area contributed by atoms with E-state index in [1.807, 2.05) is 0 Å². The minimum Gasteiger partial charge on any atom is -0.493 e. The van der Waals surface area contributed by atoms with Crippen LogP contribution in [0.15, 0.2) is 41.4 Å². The third kappa shape index (κ3) is 3.05. The van der Waals surface area contributed by atoms with E-state index < -0.39 is 9.73 Å². The van der Waals surface area contributed by atoms with Gasteiger partial charge in [0.1, 0.15) is 0 Å². The average molecular weight is 367 g/mol. The lowest BCUT2D eigenvalue weighted by atomic mass is 10.0. The largest absolute Gasteiger partial charge is 0.493 e. The van der Waals surface area contributed by atoms with Crippen LogP contribution in [0.3, 0.4) is 0 Å².